The fourth-order valence-corrected chi connectivity index (χ4v) is 9.41. The number of nitrogens with one attached hydrogen (secondary N) is 1. The summed E-state index contributed by atoms with van der Waals surface area (Å²) in [6, 6.07) is 17.2. The molecule has 2 aromatic carbocycles. The van der Waals surface area contributed by atoms with E-state index < -0.39 is 46.7 Å². The Balaban J connectivity index is 0.000000285. The quantitative estimate of drug-likeness (QED) is 0.0422. The number of hydrogen-bond acceptors (Lipinski definition) is 17. The average Bonchev–Trinajstić information content (AvgIpc) is 3.75. The molecule has 1 aliphatic carbocycles. The van der Waals surface area contributed by atoms with Gasteiger partial charge >= 0.3 is 11.9 Å². The fourth-order valence-electron chi connectivity index (χ4n) is 9.41. The summed E-state index contributed by atoms with van der Waals surface area (Å²) in [5.74, 6) is -1.46. The number of nitriles is 2. The number of carbonyl (C=O) groups excluding carboxylic acids is 3. The molecular formula is C57H73N9O11. The van der Waals surface area contributed by atoms with Gasteiger partial charge in [0.2, 0.25) is 11.8 Å². The molecular weight excluding hydrogens is 987 g/mol. The minimum absolute atomic E-state index is 0.00501. The highest BCUT2D eigenvalue weighted by molar-refractivity contribution is 5.99. The lowest BCUT2D eigenvalue weighted by molar-refractivity contribution is -0.141. The van der Waals surface area contributed by atoms with Crippen LogP contribution in [0.25, 0.3) is 0 Å². The van der Waals surface area contributed by atoms with E-state index >= 15 is 0 Å². The van der Waals surface area contributed by atoms with Gasteiger partial charge in [-0.15, -0.1) is 20.5 Å². The molecule has 3 N–H and O–H groups in total. The summed E-state index contributed by atoms with van der Waals surface area (Å²) in [5.41, 5.74) is -0.296. The minimum atomic E-state index is -0.821. The molecule has 20 heteroatoms. The molecule has 0 spiro atoms. The van der Waals surface area contributed by atoms with Crippen LogP contribution in [0.5, 0.6) is 11.8 Å². The van der Waals surface area contributed by atoms with E-state index in [4.69, 9.17) is 18.9 Å². The Bertz CT molecular complexity index is 3020. The number of unbranched alkanes of at least 4 members (excludes halogenated alkanes) is 1. The molecule has 5 atom stereocenters. The van der Waals surface area contributed by atoms with Crippen LogP contribution in [0, 0.1) is 60.2 Å². The normalized spacial score (nSPS) is 18.3. The largest absolute Gasteiger partial charge is 0.493 e. The number of nitrogens with zero attached hydrogens (tertiary/aromatic N) is 8. The summed E-state index contributed by atoms with van der Waals surface area (Å²) in [5, 5.41) is 60.1. The highest BCUT2D eigenvalue weighted by atomic mass is 16.7. The predicted octanol–water partition coefficient (Wildman–Crippen LogP) is 11.0. The summed E-state index contributed by atoms with van der Waals surface area (Å²) >= 11 is 0. The second-order valence-electron chi connectivity index (χ2n) is 20.4. The number of pyridine rings is 2. The first kappa shape index (κ1) is 60.3. The molecule has 3 heterocycles. The predicted molar refractivity (Wildman–Crippen MR) is 287 cm³/mol. The number of azo groups is 2. The lowest BCUT2D eigenvalue weighted by Gasteiger charge is -2.36. The number of benzene rings is 2. The van der Waals surface area contributed by atoms with Gasteiger partial charge in [0.25, 0.3) is 17.0 Å². The number of aromatic hydroxyl groups is 2. The molecule has 2 aromatic heterocycles. The van der Waals surface area contributed by atoms with Crippen LogP contribution in [0.2, 0.25) is 0 Å². The molecule has 2 aliphatic rings. The number of rotatable bonds is 20. The third-order valence-corrected chi connectivity index (χ3v) is 13.9. The molecule has 5 unspecified atom stereocenters. The van der Waals surface area contributed by atoms with Crippen LogP contribution < -0.4 is 16.4 Å². The third-order valence-electron chi connectivity index (χ3n) is 13.9. The first-order chi connectivity index (χ1) is 36.7. The Morgan fingerprint density at radius 2 is 1.43 bits per heavy atom. The summed E-state index contributed by atoms with van der Waals surface area (Å²) in [7, 11) is 0. The van der Waals surface area contributed by atoms with Crippen LogP contribution in [0.1, 0.15) is 150 Å². The maximum Gasteiger partial charge on any atom is 0.340 e. The lowest BCUT2D eigenvalue weighted by atomic mass is 9.75. The SMILES string of the molecule is CCCCC(CC)CNC(=O)c1ccccc1N=Nc1c(C)c(C#N)c(O)n(CCCOC(C)=O)c1=O.Cc1c(C#N)c(O)n(CC2COC(C)(C)O2)c(=O)c1N=Nc1ccccc1C(=O)OC1CC(C)CCC1C(C)C. The van der Waals surface area contributed by atoms with Crippen molar-refractivity contribution in [3.05, 3.63) is 103 Å². The molecule has 6 rings (SSSR count). The number of aromatic nitrogens is 2. The smallest absolute Gasteiger partial charge is 0.340 e. The van der Waals surface area contributed by atoms with E-state index in [0.29, 0.717) is 29.9 Å². The second-order valence-corrected chi connectivity index (χ2v) is 20.4. The van der Waals surface area contributed by atoms with Crippen molar-refractivity contribution in [3.63, 3.8) is 0 Å². The van der Waals surface area contributed by atoms with E-state index in [0.717, 1.165) is 54.1 Å². The van der Waals surface area contributed by atoms with Crippen molar-refractivity contribution in [1.29, 1.82) is 10.5 Å². The van der Waals surface area contributed by atoms with Gasteiger partial charge in [0.05, 0.1) is 36.6 Å². The highest BCUT2D eigenvalue weighted by Gasteiger charge is 2.36. The molecule has 1 saturated heterocycles. The van der Waals surface area contributed by atoms with Gasteiger partial charge in [0.1, 0.15) is 41.2 Å². The van der Waals surface area contributed by atoms with E-state index in [2.05, 4.69) is 60.4 Å². The number of carbonyl (C=O) groups is 3. The van der Waals surface area contributed by atoms with Gasteiger partial charge in [-0.05, 0) is 101 Å². The van der Waals surface area contributed by atoms with E-state index in [-0.39, 0.29) is 101 Å². The Kier molecular flexibility index (Phi) is 21.9. The van der Waals surface area contributed by atoms with Crippen molar-refractivity contribution in [2.24, 2.45) is 44.1 Å². The summed E-state index contributed by atoms with van der Waals surface area (Å²) in [4.78, 5) is 63.7. The monoisotopic (exact) mass is 1060 g/mol. The Morgan fingerprint density at radius 3 is 1.97 bits per heavy atom. The average molecular weight is 1060 g/mol. The minimum Gasteiger partial charge on any atom is -0.493 e. The van der Waals surface area contributed by atoms with Crippen LogP contribution in [0.4, 0.5) is 22.7 Å². The Morgan fingerprint density at radius 1 is 0.857 bits per heavy atom. The van der Waals surface area contributed by atoms with Gasteiger partial charge in [-0.2, -0.15) is 10.5 Å². The standard InChI is InChI=1S/C30H38N4O6.C27H35N5O5/c1-17(2)21-12-11-18(3)13-25(21)39-29(37)22-9-7-8-10-24(22)32-33-26-19(4)23(14-31)27(35)34(28(26)36)15-20-16-38-30(5,6)40-20;1-5-7-11-20(6-2)17-29-25(34)21-12-8-9-13-23(21)30-31-24-18(3)22(16-28)26(35)32(27(24)36)14-10-15-37-19(4)33/h7-10,17-18,20-21,25,35H,11-13,15-16H2,1-6H3;8-9,12-13,20,35H,5-7,10-11,14-15,17H2,1-4H3,(H,29,34). The Hall–Kier alpha value is -7.55. The van der Waals surface area contributed by atoms with Crippen LogP contribution in [-0.4, -0.2) is 74.9 Å². The van der Waals surface area contributed by atoms with Crippen LogP contribution in [0.15, 0.2) is 78.6 Å². The molecule has 1 aliphatic heterocycles. The van der Waals surface area contributed by atoms with Crippen molar-refractivity contribution in [3.8, 4) is 23.9 Å². The van der Waals surface area contributed by atoms with Gasteiger partial charge in [-0.25, -0.2) is 4.79 Å². The summed E-state index contributed by atoms with van der Waals surface area (Å²) < 4.78 is 24.3. The third kappa shape index (κ3) is 15.8. The van der Waals surface area contributed by atoms with Gasteiger partial charge in [0, 0.05) is 31.1 Å². The maximum absolute atomic E-state index is 13.4. The summed E-state index contributed by atoms with van der Waals surface area (Å²) in [6.45, 7) is 19.3. The van der Waals surface area contributed by atoms with Crippen molar-refractivity contribution < 1.29 is 43.5 Å². The first-order valence-electron chi connectivity index (χ1n) is 26.3. The molecule has 20 nitrogen and oxygen atoms in total. The van der Waals surface area contributed by atoms with E-state index in [1.807, 2.05) is 12.1 Å². The zero-order valence-electron chi connectivity index (χ0n) is 45.9. The number of amides is 1. The van der Waals surface area contributed by atoms with Crippen molar-refractivity contribution >= 4 is 40.6 Å². The van der Waals surface area contributed by atoms with E-state index in [1.165, 1.54) is 20.8 Å². The molecule has 1 amide bonds. The molecule has 412 valence electrons. The first-order valence-corrected chi connectivity index (χ1v) is 26.3. The zero-order valence-corrected chi connectivity index (χ0v) is 45.9. The topological polar surface area (TPSA) is 282 Å². The molecule has 4 aromatic rings. The lowest BCUT2D eigenvalue weighted by Crippen LogP contribution is -2.35. The molecule has 0 radical (unpaired) electrons. The van der Waals surface area contributed by atoms with Gasteiger partial charge in [-0.3, -0.25) is 28.3 Å². The highest BCUT2D eigenvalue weighted by Crippen LogP contribution is 2.37. The Labute approximate surface area is 449 Å². The zero-order chi connectivity index (χ0) is 56.6. The number of esters is 2. The maximum atomic E-state index is 13.4. The van der Waals surface area contributed by atoms with E-state index in [9.17, 15) is 44.7 Å². The number of ether oxygens (including phenoxy) is 4. The van der Waals surface area contributed by atoms with Gasteiger partial charge < -0.3 is 34.5 Å². The second kappa shape index (κ2) is 28.0. The molecule has 77 heavy (non-hydrogen) atoms. The van der Waals surface area contributed by atoms with E-state index in [1.54, 1.807) is 62.4 Å². The summed E-state index contributed by atoms with van der Waals surface area (Å²) in [6.07, 6.45) is 6.73. The van der Waals surface area contributed by atoms with Crippen molar-refractivity contribution in [1.82, 2.24) is 14.5 Å². The van der Waals surface area contributed by atoms with Crippen molar-refractivity contribution in [2.75, 3.05) is 19.8 Å². The number of hydrogen-bond donors (Lipinski definition) is 3. The fraction of sp³-hybridized carbons (Fsp3) is 0.526. The molecule has 1 saturated carbocycles. The van der Waals surface area contributed by atoms with Gasteiger partial charge in [-0.1, -0.05) is 84.6 Å². The molecule has 2 fully saturated rings. The molecule has 0 bridgehead atoms. The van der Waals surface area contributed by atoms with Crippen molar-refractivity contribution in [2.45, 2.75) is 152 Å². The van der Waals surface area contributed by atoms with Crippen LogP contribution in [-0.2, 0) is 36.8 Å². The van der Waals surface area contributed by atoms with Crippen LogP contribution >= 0.6 is 0 Å². The van der Waals surface area contributed by atoms with Crippen LogP contribution in [0.3, 0.4) is 0 Å². The van der Waals surface area contributed by atoms with Gasteiger partial charge in [0.15, 0.2) is 17.2 Å².